The molecular formula is C18H23NO4S. The number of hydrogen-bond acceptors (Lipinski definition) is 5. The van der Waals surface area contributed by atoms with Gasteiger partial charge in [-0.05, 0) is 43.9 Å². The summed E-state index contributed by atoms with van der Waals surface area (Å²) < 4.78 is 10.6. The minimum atomic E-state index is -0.522. The number of morpholine rings is 1. The monoisotopic (exact) mass is 349 g/mol. The summed E-state index contributed by atoms with van der Waals surface area (Å²) in [6.45, 7) is 4.66. The number of carbonyl (C=O) groups is 2. The van der Waals surface area contributed by atoms with Crippen LogP contribution in [0.15, 0.2) is 35.2 Å². The lowest BCUT2D eigenvalue weighted by Crippen LogP contribution is -2.49. The lowest BCUT2D eigenvalue weighted by molar-refractivity contribution is -0.154. The Kier molecular flexibility index (Phi) is 6.87. The summed E-state index contributed by atoms with van der Waals surface area (Å²) in [5.74, 6) is -0.713. The van der Waals surface area contributed by atoms with Gasteiger partial charge in [-0.2, -0.15) is 0 Å². The van der Waals surface area contributed by atoms with Gasteiger partial charge >= 0.3 is 5.97 Å². The van der Waals surface area contributed by atoms with E-state index in [-0.39, 0.29) is 24.7 Å². The van der Waals surface area contributed by atoms with Crippen molar-refractivity contribution in [3.63, 3.8) is 0 Å². The van der Waals surface area contributed by atoms with Gasteiger partial charge in [0.1, 0.15) is 0 Å². The normalized spacial score (nSPS) is 21.0. The fraction of sp³-hybridized carbons (Fsp3) is 0.444. The Morgan fingerprint density at radius 2 is 1.88 bits per heavy atom. The lowest BCUT2D eigenvalue weighted by Gasteiger charge is -2.35. The van der Waals surface area contributed by atoms with Crippen LogP contribution in [0.25, 0.3) is 6.08 Å². The maximum atomic E-state index is 12.1. The van der Waals surface area contributed by atoms with Crippen molar-refractivity contribution < 1.29 is 19.1 Å². The fourth-order valence-electron chi connectivity index (χ4n) is 2.53. The topological polar surface area (TPSA) is 55.8 Å². The van der Waals surface area contributed by atoms with Gasteiger partial charge in [-0.1, -0.05) is 12.1 Å². The molecule has 0 aromatic heterocycles. The molecule has 1 fully saturated rings. The average molecular weight is 349 g/mol. The van der Waals surface area contributed by atoms with Crippen molar-refractivity contribution in [2.24, 2.45) is 0 Å². The van der Waals surface area contributed by atoms with E-state index >= 15 is 0 Å². The van der Waals surface area contributed by atoms with Crippen molar-refractivity contribution in [2.45, 2.75) is 31.0 Å². The number of rotatable bonds is 5. The number of benzene rings is 1. The van der Waals surface area contributed by atoms with Gasteiger partial charge in [0.05, 0.1) is 12.2 Å². The molecule has 2 atom stereocenters. The van der Waals surface area contributed by atoms with E-state index in [4.69, 9.17) is 9.47 Å². The molecule has 0 spiro atoms. The van der Waals surface area contributed by atoms with Crippen molar-refractivity contribution in [1.82, 2.24) is 4.90 Å². The van der Waals surface area contributed by atoms with E-state index in [9.17, 15) is 9.59 Å². The highest BCUT2D eigenvalue weighted by molar-refractivity contribution is 7.98. The van der Waals surface area contributed by atoms with Crippen LogP contribution in [0.1, 0.15) is 19.4 Å². The summed E-state index contributed by atoms with van der Waals surface area (Å²) in [6.07, 6.45) is 5.02. The molecule has 0 radical (unpaired) electrons. The molecule has 6 heteroatoms. The van der Waals surface area contributed by atoms with E-state index in [2.05, 4.69) is 0 Å². The Hall–Kier alpha value is -1.79. The fourth-order valence-corrected chi connectivity index (χ4v) is 2.94. The highest BCUT2D eigenvalue weighted by Gasteiger charge is 2.26. The van der Waals surface area contributed by atoms with Gasteiger partial charge in [-0.15, -0.1) is 11.8 Å². The zero-order valence-electron chi connectivity index (χ0n) is 14.2. The van der Waals surface area contributed by atoms with Crippen LogP contribution < -0.4 is 0 Å². The number of amides is 1. The molecule has 0 unspecified atom stereocenters. The molecule has 1 saturated heterocycles. The smallest absolute Gasteiger partial charge is 0.331 e. The number of nitrogens with zero attached hydrogens (tertiary/aromatic N) is 1. The predicted molar refractivity (Wildman–Crippen MR) is 94.8 cm³/mol. The van der Waals surface area contributed by atoms with Crippen molar-refractivity contribution in [3.05, 3.63) is 35.9 Å². The summed E-state index contributed by atoms with van der Waals surface area (Å²) in [6, 6.07) is 7.83. The largest absolute Gasteiger partial charge is 0.452 e. The highest BCUT2D eigenvalue weighted by Crippen LogP contribution is 2.15. The van der Waals surface area contributed by atoms with Crippen LogP contribution in [0.4, 0.5) is 0 Å². The van der Waals surface area contributed by atoms with E-state index < -0.39 is 5.97 Å². The molecule has 5 nitrogen and oxygen atoms in total. The van der Waals surface area contributed by atoms with Gasteiger partial charge in [0, 0.05) is 24.1 Å². The van der Waals surface area contributed by atoms with E-state index in [1.807, 2.05) is 44.4 Å². The molecule has 1 aromatic rings. The Bertz CT molecular complexity index is 590. The number of thioether (sulfide) groups is 1. The van der Waals surface area contributed by atoms with Crippen LogP contribution in [-0.2, 0) is 19.1 Å². The second kappa shape index (κ2) is 8.89. The molecule has 0 bridgehead atoms. The second-order valence-electron chi connectivity index (χ2n) is 5.77. The van der Waals surface area contributed by atoms with Crippen LogP contribution in [0.5, 0.6) is 0 Å². The predicted octanol–water partition coefficient (Wildman–Crippen LogP) is 2.60. The molecule has 0 saturated carbocycles. The first kappa shape index (κ1) is 18.5. The first-order valence-corrected chi connectivity index (χ1v) is 9.12. The molecule has 2 rings (SSSR count). The standard InChI is InChI=1S/C18H23NO4S/c1-13-10-19(11-14(2)23-13)17(20)12-22-18(21)9-6-15-4-7-16(24-3)8-5-15/h4-9,13-14H,10-12H2,1-3H3/b9-6+/t13-,14-/m0/s1. The third kappa shape index (κ3) is 5.69. The molecule has 1 amide bonds. The minimum Gasteiger partial charge on any atom is -0.452 e. The minimum absolute atomic E-state index is 0.00227. The lowest BCUT2D eigenvalue weighted by atomic mass is 10.2. The molecule has 1 aliphatic heterocycles. The van der Waals surface area contributed by atoms with Gasteiger partial charge in [0.15, 0.2) is 6.61 Å². The molecule has 130 valence electrons. The van der Waals surface area contributed by atoms with Crippen molar-refractivity contribution in [1.29, 1.82) is 0 Å². The third-order valence-corrected chi connectivity index (χ3v) is 4.38. The zero-order chi connectivity index (χ0) is 17.5. The summed E-state index contributed by atoms with van der Waals surface area (Å²) in [7, 11) is 0. The molecule has 0 N–H and O–H groups in total. The van der Waals surface area contributed by atoms with E-state index in [1.165, 1.54) is 6.08 Å². The van der Waals surface area contributed by atoms with Gasteiger partial charge in [-0.3, -0.25) is 4.79 Å². The van der Waals surface area contributed by atoms with E-state index in [1.54, 1.807) is 22.7 Å². The molecule has 1 aliphatic rings. The quantitative estimate of drug-likeness (QED) is 0.465. The average Bonchev–Trinajstić information content (AvgIpc) is 2.57. The third-order valence-electron chi connectivity index (χ3n) is 3.64. The first-order chi connectivity index (χ1) is 11.5. The number of hydrogen-bond donors (Lipinski definition) is 0. The van der Waals surface area contributed by atoms with Crippen LogP contribution in [0, 0.1) is 0 Å². The summed E-state index contributed by atoms with van der Waals surface area (Å²) >= 11 is 1.66. The van der Waals surface area contributed by atoms with Gasteiger partial charge in [-0.25, -0.2) is 4.79 Å². The van der Waals surface area contributed by atoms with Gasteiger partial charge in [0.2, 0.25) is 0 Å². The molecule has 24 heavy (non-hydrogen) atoms. The van der Waals surface area contributed by atoms with Crippen molar-refractivity contribution in [2.75, 3.05) is 26.0 Å². The van der Waals surface area contributed by atoms with Crippen molar-refractivity contribution >= 4 is 29.7 Å². The van der Waals surface area contributed by atoms with Gasteiger partial charge < -0.3 is 14.4 Å². The van der Waals surface area contributed by atoms with E-state index in [0.717, 1.165) is 10.5 Å². The SMILES string of the molecule is CSc1ccc(/C=C/C(=O)OCC(=O)N2C[C@H](C)O[C@@H](C)C2)cc1. The maximum Gasteiger partial charge on any atom is 0.331 e. The number of esters is 1. The number of ether oxygens (including phenoxy) is 2. The Labute approximate surface area is 147 Å². The molecule has 0 aliphatic carbocycles. The summed E-state index contributed by atoms with van der Waals surface area (Å²) in [5.41, 5.74) is 0.909. The zero-order valence-corrected chi connectivity index (χ0v) is 15.0. The summed E-state index contributed by atoms with van der Waals surface area (Å²) in [4.78, 5) is 26.7. The molecular weight excluding hydrogens is 326 g/mol. The van der Waals surface area contributed by atoms with Crippen molar-refractivity contribution in [3.8, 4) is 0 Å². The Balaban J connectivity index is 1.79. The first-order valence-electron chi connectivity index (χ1n) is 7.90. The maximum absolute atomic E-state index is 12.1. The van der Waals surface area contributed by atoms with Gasteiger partial charge in [0.25, 0.3) is 5.91 Å². The Morgan fingerprint density at radius 1 is 1.25 bits per heavy atom. The molecule has 1 heterocycles. The van der Waals surface area contributed by atoms with Crippen LogP contribution in [0.3, 0.4) is 0 Å². The second-order valence-corrected chi connectivity index (χ2v) is 6.65. The van der Waals surface area contributed by atoms with Crippen LogP contribution in [-0.4, -0.2) is 54.9 Å². The summed E-state index contributed by atoms with van der Waals surface area (Å²) in [5, 5.41) is 0. The van der Waals surface area contributed by atoms with Crippen LogP contribution in [0.2, 0.25) is 0 Å². The highest BCUT2D eigenvalue weighted by atomic mass is 32.2. The van der Waals surface area contributed by atoms with E-state index in [0.29, 0.717) is 13.1 Å². The Morgan fingerprint density at radius 3 is 2.46 bits per heavy atom. The number of carbonyl (C=O) groups excluding carboxylic acids is 2. The van der Waals surface area contributed by atoms with Crippen LogP contribution >= 0.6 is 11.8 Å². The molecule has 1 aromatic carbocycles.